The summed E-state index contributed by atoms with van der Waals surface area (Å²) in [5.74, 6) is 1.73. The van der Waals surface area contributed by atoms with E-state index in [1.165, 1.54) is 5.56 Å². The molecule has 0 aromatic heterocycles. The van der Waals surface area contributed by atoms with Crippen LogP contribution in [0.1, 0.15) is 24.1 Å². The highest BCUT2D eigenvalue weighted by atomic mass is 16.5. The molecule has 3 nitrogen and oxygen atoms in total. The van der Waals surface area contributed by atoms with E-state index in [9.17, 15) is 0 Å². The molecule has 0 heterocycles. The summed E-state index contributed by atoms with van der Waals surface area (Å²) in [7, 11) is 1.67. The molecule has 2 aromatic carbocycles. The summed E-state index contributed by atoms with van der Waals surface area (Å²) in [5.41, 5.74) is 8.55. The van der Waals surface area contributed by atoms with E-state index in [1.54, 1.807) is 7.11 Å². The van der Waals surface area contributed by atoms with Crippen LogP contribution >= 0.6 is 0 Å². The predicted octanol–water partition coefficient (Wildman–Crippen LogP) is 3.34. The van der Waals surface area contributed by atoms with Gasteiger partial charge in [0.2, 0.25) is 0 Å². The number of para-hydroxylation sites is 1. The highest BCUT2D eigenvalue weighted by molar-refractivity contribution is 5.37. The van der Waals surface area contributed by atoms with Crippen molar-refractivity contribution in [2.24, 2.45) is 5.73 Å². The van der Waals surface area contributed by atoms with Crippen LogP contribution in [0.4, 0.5) is 0 Å². The monoisotopic (exact) mass is 271 g/mol. The number of benzene rings is 2. The number of methoxy groups -OCH3 is 1. The molecule has 0 aliphatic rings. The van der Waals surface area contributed by atoms with Gasteiger partial charge in [0.15, 0.2) is 0 Å². The van der Waals surface area contributed by atoms with Gasteiger partial charge in [-0.15, -0.1) is 0 Å². The normalized spacial score (nSPS) is 11.9. The third kappa shape index (κ3) is 3.52. The minimum Gasteiger partial charge on any atom is -0.497 e. The van der Waals surface area contributed by atoms with E-state index < -0.39 is 0 Å². The molecule has 2 N–H and O–H groups in total. The SMILES string of the molecule is CCOc1ccccc1C(N)Cc1ccc(OC)cc1. The summed E-state index contributed by atoms with van der Waals surface area (Å²) < 4.78 is 10.8. The van der Waals surface area contributed by atoms with E-state index in [1.807, 2.05) is 55.5 Å². The van der Waals surface area contributed by atoms with Gasteiger partial charge in [0.25, 0.3) is 0 Å². The smallest absolute Gasteiger partial charge is 0.124 e. The predicted molar refractivity (Wildman–Crippen MR) is 81.2 cm³/mol. The van der Waals surface area contributed by atoms with Crippen LogP contribution in [-0.4, -0.2) is 13.7 Å². The number of hydrogen-bond acceptors (Lipinski definition) is 3. The third-order valence-electron chi connectivity index (χ3n) is 3.23. The van der Waals surface area contributed by atoms with Crippen LogP contribution in [0.2, 0.25) is 0 Å². The number of nitrogens with two attached hydrogens (primary N) is 1. The van der Waals surface area contributed by atoms with E-state index in [4.69, 9.17) is 15.2 Å². The number of hydrogen-bond donors (Lipinski definition) is 1. The molecule has 0 aliphatic carbocycles. The van der Waals surface area contributed by atoms with Gasteiger partial charge < -0.3 is 15.2 Å². The Balaban J connectivity index is 2.12. The molecule has 2 aromatic rings. The molecule has 1 unspecified atom stereocenters. The first-order valence-electron chi connectivity index (χ1n) is 6.84. The standard InChI is InChI=1S/C17H21NO2/c1-3-20-17-7-5-4-6-15(17)16(18)12-13-8-10-14(19-2)11-9-13/h4-11,16H,3,12,18H2,1-2H3. The summed E-state index contributed by atoms with van der Waals surface area (Å²) in [6, 6.07) is 15.9. The molecule has 0 bridgehead atoms. The topological polar surface area (TPSA) is 44.5 Å². The van der Waals surface area contributed by atoms with E-state index in [2.05, 4.69) is 0 Å². The summed E-state index contributed by atoms with van der Waals surface area (Å²) in [5, 5.41) is 0. The Morgan fingerprint density at radius 1 is 1.05 bits per heavy atom. The van der Waals surface area contributed by atoms with Crippen molar-refractivity contribution in [3.63, 3.8) is 0 Å². The van der Waals surface area contributed by atoms with Crippen LogP contribution in [0.15, 0.2) is 48.5 Å². The van der Waals surface area contributed by atoms with Gasteiger partial charge in [0, 0.05) is 11.6 Å². The zero-order chi connectivity index (χ0) is 14.4. The highest BCUT2D eigenvalue weighted by Crippen LogP contribution is 2.26. The Kier molecular flexibility index (Phi) is 5.02. The lowest BCUT2D eigenvalue weighted by Gasteiger charge is -2.16. The molecule has 0 fully saturated rings. The maximum absolute atomic E-state index is 6.32. The molecule has 106 valence electrons. The van der Waals surface area contributed by atoms with Gasteiger partial charge in [-0.05, 0) is 37.1 Å². The Morgan fingerprint density at radius 2 is 1.75 bits per heavy atom. The molecule has 0 radical (unpaired) electrons. The number of ether oxygens (including phenoxy) is 2. The van der Waals surface area contributed by atoms with Crippen molar-refractivity contribution in [3.8, 4) is 11.5 Å². The first kappa shape index (κ1) is 14.4. The first-order valence-corrected chi connectivity index (χ1v) is 6.84. The average molecular weight is 271 g/mol. The molecule has 3 heteroatoms. The first-order chi connectivity index (χ1) is 9.74. The van der Waals surface area contributed by atoms with Crippen molar-refractivity contribution in [1.82, 2.24) is 0 Å². The Morgan fingerprint density at radius 3 is 2.40 bits per heavy atom. The molecule has 0 spiro atoms. The van der Waals surface area contributed by atoms with Crippen LogP contribution in [0.25, 0.3) is 0 Å². The Hall–Kier alpha value is -2.00. The average Bonchev–Trinajstić information content (AvgIpc) is 2.49. The lowest BCUT2D eigenvalue weighted by atomic mass is 9.99. The van der Waals surface area contributed by atoms with E-state index in [-0.39, 0.29) is 6.04 Å². The van der Waals surface area contributed by atoms with Gasteiger partial charge in [-0.2, -0.15) is 0 Å². The van der Waals surface area contributed by atoms with Gasteiger partial charge in [-0.25, -0.2) is 0 Å². The van der Waals surface area contributed by atoms with Crippen molar-refractivity contribution < 1.29 is 9.47 Å². The van der Waals surface area contributed by atoms with Crippen molar-refractivity contribution in [1.29, 1.82) is 0 Å². The molecule has 0 amide bonds. The Bertz CT molecular complexity index is 537. The zero-order valence-electron chi connectivity index (χ0n) is 12.0. The second-order valence-corrected chi connectivity index (χ2v) is 4.63. The van der Waals surface area contributed by atoms with Crippen LogP contribution in [0.5, 0.6) is 11.5 Å². The molecule has 2 rings (SSSR count). The second-order valence-electron chi connectivity index (χ2n) is 4.63. The van der Waals surface area contributed by atoms with Gasteiger partial charge in [-0.3, -0.25) is 0 Å². The van der Waals surface area contributed by atoms with Crippen LogP contribution in [-0.2, 0) is 6.42 Å². The number of rotatable bonds is 6. The fraction of sp³-hybridized carbons (Fsp3) is 0.294. The van der Waals surface area contributed by atoms with Crippen molar-refractivity contribution >= 4 is 0 Å². The molecule has 20 heavy (non-hydrogen) atoms. The summed E-state index contributed by atoms with van der Waals surface area (Å²) in [4.78, 5) is 0. The zero-order valence-corrected chi connectivity index (χ0v) is 12.0. The third-order valence-corrected chi connectivity index (χ3v) is 3.23. The molecule has 0 saturated heterocycles. The summed E-state index contributed by atoms with van der Waals surface area (Å²) in [6.07, 6.45) is 0.772. The molecule has 1 atom stereocenters. The van der Waals surface area contributed by atoms with Gasteiger partial charge >= 0.3 is 0 Å². The van der Waals surface area contributed by atoms with Crippen molar-refractivity contribution in [3.05, 3.63) is 59.7 Å². The van der Waals surface area contributed by atoms with Gasteiger partial charge in [0.05, 0.1) is 13.7 Å². The highest BCUT2D eigenvalue weighted by Gasteiger charge is 2.12. The second kappa shape index (κ2) is 6.96. The van der Waals surface area contributed by atoms with E-state index in [0.717, 1.165) is 23.5 Å². The van der Waals surface area contributed by atoms with Gasteiger partial charge in [-0.1, -0.05) is 30.3 Å². The largest absolute Gasteiger partial charge is 0.497 e. The summed E-state index contributed by atoms with van der Waals surface area (Å²) in [6.45, 7) is 2.62. The van der Waals surface area contributed by atoms with Crippen LogP contribution < -0.4 is 15.2 Å². The molecular weight excluding hydrogens is 250 g/mol. The van der Waals surface area contributed by atoms with E-state index >= 15 is 0 Å². The molecular formula is C17H21NO2. The molecule has 0 saturated carbocycles. The quantitative estimate of drug-likeness (QED) is 0.876. The lowest BCUT2D eigenvalue weighted by Crippen LogP contribution is -2.14. The Labute approximate surface area is 120 Å². The minimum absolute atomic E-state index is 0.0776. The minimum atomic E-state index is -0.0776. The maximum atomic E-state index is 6.32. The van der Waals surface area contributed by atoms with Crippen molar-refractivity contribution in [2.75, 3.05) is 13.7 Å². The van der Waals surface area contributed by atoms with Crippen LogP contribution in [0.3, 0.4) is 0 Å². The van der Waals surface area contributed by atoms with Crippen molar-refractivity contribution in [2.45, 2.75) is 19.4 Å². The maximum Gasteiger partial charge on any atom is 0.124 e. The summed E-state index contributed by atoms with van der Waals surface area (Å²) >= 11 is 0. The fourth-order valence-corrected chi connectivity index (χ4v) is 2.20. The molecule has 0 aliphatic heterocycles. The van der Waals surface area contributed by atoms with Gasteiger partial charge in [0.1, 0.15) is 11.5 Å². The lowest BCUT2D eigenvalue weighted by molar-refractivity contribution is 0.334. The van der Waals surface area contributed by atoms with E-state index in [0.29, 0.717) is 6.61 Å². The van der Waals surface area contributed by atoms with Crippen LogP contribution in [0, 0.1) is 0 Å². The fourth-order valence-electron chi connectivity index (χ4n) is 2.20.